The number of aromatic nitrogens is 2. The molecule has 2 aromatic carbocycles. The summed E-state index contributed by atoms with van der Waals surface area (Å²) >= 11 is 9.56. The first-order valence-corrected chi connectivity index (χ1v) is 7.60. The van der Waals surface area contributed by atoms with Crippen LogP contribution in [-0.2, 0) is 0 Å². The molecule has 0 fully saturated rings. The second kappa shape index (κ2) is 5.54. The summed E-state index contributed by atoms with van der Waals surface area (Å²) < 4.78 is 0.897. The Hall–Kier alpha value is -1.78. The maximum absolute atomic E-state index is 6.08. The number of nitrogen functional groups attached to an aromatic ring is 1. The van der Waals surface area contributed by atoms with Gasteiger partial charge in [0.25, 0.3) is 0 Å². The number of anilines is 1. The number of hydrogen-bond acceptors (Lipinski definition) is 2. The molecular formula is C16H13BrClN3. The third-order valence-electron chi connectivity index (χ3n) is 3.41. The number of nitrogens with one attached hydrogen (secondary N) is 1. The van der Waals surface area contributed by atoms with E-state index in [-0.39, 0.29) is 0 Å². The number of halogens is 2. The van der Waals surface area contributed by atoms with Crippen molar-refractivity contribution in [2.75, 3.05) is 5.73 Å². The highest BCUT2D eigenvalue weighted by Gasteiger charge is 2.17. The fourth-order valence-corrected chi connectivity index (χ4v) is 3.25. The maximum Gasteiger partial charge on any atom is 0.153 e. The lowest BCUT2D eigenvalue weighted by Gasteiger charge is -2.09. The first-order valence-electron chi connectivity index (χ1n) is 6.43. The average molecular weight is 363 g/mol. The van der Waals surface area contributed by atoms with Gasteiger partial charge in [0, 0.05) is 15.1 Å². The first-order chi connectivity index (χ1) is 10.1. The Morgan fingerprint density at radius 1 is 1.14 bits per heavy atom. The van der Waals surface area contributed by atoms with E-state index in [2.05, 4.69) is 39.1 Å². The van der Waals surface area contributed by atoms with E-state index in [0.29, 0.717) is 10.8 Å². The lowest BCUT2D eigenvalue weighted by atomic mass is 9.97. The van der Waals surface area contributed by atoms with Gasteiger partial charge in [0.15, 0.2) is 5.82 Å². The highest BCUT2D eigenvalue weighted by atomic mass is 79.9. The quantitative estimate of drug-likeness (QED) is 0.670. The zero-order valence-electron chi connectivity index (χ0n) is 11.3. The highest BCUT2D eigenvalue weighted by Crippen LogP contribution is 2.39. The number of H-pyrrole nitrogens is 1. The van der Waals surface area contributed by atoms with Crippen LogP contribution in [-0.4, -0.2) is 10.2 Å². The Morgan fingerprint density at radius 3 is 2.62 bits per heavy atom. The number of benzene rings is 2. The number of aryl methyl sites for hydroxylation is 1. The van der Waals surface area contributed by atoms with E-state index in [9.17, 15) is 0 Å². The van der Waals surface area contributed by atoms with Crippen LogP contribution < -0.4 is 5.73 Å². The van der Waals surface area contributed by atoms with Gasteiger partial charge < -0.3 is 5.73 Å². The van der Waals surface area contributed by atoms with E-state index < -0.39 is 0 Å². The molecule has 0 radical (unpaired) electrons. The van der Waals surface area contributed by atoms with Crippen LogP contribution in [0.15, 0.2) is 46.9 Å². The summed E-state index contributed by atoms with van der Waals surface area (Å²) in [6.07, 6.45) is 0. The van der Waals surface area contributed by atoms with Gasteiger partial charge in [0.2, 0.25) is 0 Å². The van der Waals surface area contributed by atoms with Crippen LogP contribution >= 0.6 is 27.5 Å². The average Bonchev–Trinajstić information content (AvgIpc) is 2.81. The van der Waals surface area contributed by atoms with E-state index in [1.54, 1.807) is 0 Å². The van der Waals surface area contributed by atoms with Crippen molar-refractivity contribution in [3.63, 3.8) is 0 Å². The maximum atomic E-state index is 6.08. The molecule has 0 bridgehead atoms. The topological polar surface area (TPSA) is 54.7 Å². The molecule has 106 valence electrons. The second-order valence-electron chi connectivity index (χ2n) is 4.80. The Labute approximate surface area is 136 Å². The van der Waals surface area contributed by atoms with Gasteiger partial charge in [-0.3, -0.25) is 5.10 Å². The molecular weight excluding hydrogens is 350 g/mol. The normalized spacial score (nSPS) is 10.8. The molecule has 0 atom stereocenters. The monoisotopic (exact) mass is 361 g/mol. The summed E-state index contributed by atoms with van der Waals surface area (Å²) in [5.41, 5.74) is 11.1. The number of aromatic amines is 1. The molecule has 3 nitrogen and oxygen atoms in total. The Morgan fingerprint density at radius 2 is 1.90 bits per heavy atom. The van der Waals surface area contributed by atoms with Gasteiger partial charge in [0.1, 0.15) is 0 Å². The Bertz CT molecular complexity index is 811. The highest BCUT2D eigenvalue weighted by molar-refractivity contribution is 9.10. The summed E-state index contributed by atoms with van der Waals surface area (Å²) in [7, 11) is 0. The molecule has 0 spiro atoms. The molecule has 0 saturated carbocycles. The predicted molar refractivity (Wildman–Crippen MR) is 91.3 cm³/mol. The smallest absolute Gasteiger partial charge is 0.153 e. The van der Waals surface area contributed by atoms with Crippen molar-refractivity contribution in [1.82, 2.24) is 10.2 Å². The van der Waals surface area contributed by atoms with Crippen molar-refractivity contribution >= 4 is 33.3 Å². The van der Waals surface area contributed by atoms with Crippen LogP contribution in [0.3, 0.4) is 0 Å². The van der Waals surface area contributed by atoms with Crippen LogP contribution in [0.1, 0.15) is 5.56 Å². The number of nitrogens with zero attached hydrogens (tertiary/aromatic N) is 1. The van der Waals surface area contributed by atoms with Gasteiger partial charge in [-0.2, -0.15) is 5.10 Å². The summed E-state index contributed by atoms with van der Waals surface area (Å²) in [6.45, 7) is 2.06. The minimum atomic E-state index is 0.487. The third kappa shape index (κ3) is 2.57. The Kier molecular flexibility index (Phi) is 3.74. The van der Waals surface area contributed by atoms with Crippen LogP contribution in [0.25, 0.3) is 22.4 Å². The minimum absolute atomic E-state index is 0.487. The number of nitrogens with two attached hydrogens (primary N) is 1. The molecule has 1 aromatic heterocycles. The van der Waals surface area contributed by atoms with Crippen LogP contribution in [0.2, 0.25) is 5.02 Å². The standard InChI is InChI=1S/C16H13BrClN3/c1-9-4-2-3-5-11(9)14-15(20-21-16(14)19)12-7-6-10(18)8-13(12)17/h2-8H,1H3,(H3,19,20,21). The molecule has 0 amide bonds. The van der Waals surface area contributed by atoms with Crippen molar-refractivity contribution in [2.24, 2.45) is 0 Å². The van der Waals surface area contributed by atoms with Gasteiger partial charge in [-0.15, -0.1) is 0 Å². The SMILES string of the molecule is Cc1ccccc1-c1c(N)n[nH]c1-c1ccc(Cl)cc1Br. The van der Waals surface area contributed by atoms with Crippen molar-refractivity contribution < 1.29 is 0 Å². The summed E-state index contributed by atoms with van der Waals surface area (Å²) in [6, 6.07) is 13.8. The lowest BCUT2D eigenvalue weighted by Crippen LogP contribution is -1.91. The molecule has 5 heteroatoms. The summed E-state index contributed by atoms with van der Waals surface area (Å²) in [5, 5.41) is 7.88. The van der Waals surface area contributed by atoms with E-state index in [1.165, 1.54) is 0 Å². The molecule has 1 heterocycles. The van der Waals surface area contributed by atoms with E-state index >= 15 is 0 Å². The molecule has 0 unspecified atom stereocenters. The van der Waals surface area contributed by atoms with Crippen molar-refractivity contribution in [1.29, 1.82) is 0 Å². The fraction of sp³-hybridized carbons (Fsp3) is 0.0625. The molecule has 0 saturated heterocycles. The van der Waals surface area contributed by atoms with Gasteiger partial charge in [-0.05, 0) is 30.2 Å². The molecule has 3 rings (SSSR count). The van der Waals surface area contributed by atoms with E-state index in [4.69, 9.17) is 17.3 Å². The predicted octanol–water partition coefficient (Wildman–Crippen LogP) is 5.05. The van der Waals surface area contributed by atoms with Crippen molar-refractivity contribution in [2.45, 2.75) is 6.92 Å². The molecule has 3 N–H and O–H groups in total. The minimum Gasteiger partial charge on any atom is -0.382 e. The Balaban J connectivity index is 2.25. The lowest BCUT2D eigenvalue weighted by molar-refractivity contribution is 1.10. The number of hydrogen-bond donors (Lipinski definition) is 2. The molecule has 0 aliphatic rings. The fourth-order valence-electron chi connectivity index (χ4n) is 2.37. The summed E-state index contributed by atoms with van der Waals surface area (Å²) in [4.78, 5) is 0. The van der Waals surface area contributed by atoms with Crippen LogP contribution in [0, 0.1) is 6.92 Å². The van der Waals surface area contributed by atoms with Gasteiger partial charge in [-0.25, -0.2) is 0 Å². The molecule has 21 heavy (non-hydrogen) atoms. The van der Waals surface area contributed by atoms with E-state index in [0.717, 1.165) is 32.4 Å². The van der Waals surface area contributed by atoms with Gasteiger partial charge in [0.05, 0.1) is 11.3 Å². The van der Waals surface area contributed by atoms with Crippen molar-refractivity contribution in [3.05, 3.63) is 57.5 Å². The van der Waals surface area contributed by atoms with Crippen LogP contribution in [0.5, 0.6) is 0 Å². The third-order valence-corrected chi connectivity index (χ3v) is 4.30. The summed E-state index contributed by atoms with van der Waals surface area (Å²) in [5.74, 6) is 0.487. The zero-order chi connectivity index (χ0) is 15.0. The molecule has 3 aromatic rings. The zero-order valence-corrected chi connectivity index (χ0v) is 13.7. The van der Waals surface area contributed by atoms with Gasteiger partial charge in [-0.1, -0.05) is 57.9 Å². The second-order valence-corrected chi connectivity index (χ2v) is 6.09. The van der Waals surface area contributed by atoms with E-state index in [1.807, 2.05) is 36.4 Å². The van der Waals surface area contributed by atoms with Crippen molar-refractivity contribution in [3.8, 4) is 22.4 Å². The van der Waals surface area contributed by atoms with Crippen LogP contribution in [0.4, 0.5) is 5.82 Å². The van der Waals surface area contributed by atoms with Gasteiger partial charge >= 0.3 is 0 Å². The first kappa shape index (κ1) is 14.2. The molecule has 0 aliphatic carbocycles. The molecule has 0 aliphatic heterocycles. The number of rotatable bonds is 2. The largest absolute Gasteiger partial charge is 0.382 e.